The summed E-state index contributed by atoms with van der Waals surface area (Å²) in [6, 6.07) is 13.9. The van der Waals surface area contributed by atoms with Gasteiger partial charge in [0.1, 0.15) is 5.76 Å². The van der Waals surface area contributed by atoms with Crippen LogP contribution in [0.3, 0.4) is 0 Å². The molecule has 1 atom stereocenters. The molecule has 3 rings (SSSR count). The first-order chi connectivity index (χ1) is 10.3. The smallest absolute Gasteiger partial charge is 0.125 e. The molecule has 1 aromatic carbocycles. The summed E-state index contributed by atoms with van der Waals surface area (Å²) in [4.78, 5) is 0. The second-order valence-electron chi connectivity index (χ2n) is 5.58. The Bertz CT molecular complexity index is 532. The van der Waals surface area contributed by atoms with Crippen LogP contribution in [0.4, 0.5) is 0 Å². The van der Waals surface area contributed by atoms with Crippen LogP contribution >= 0.6 is 0 Å². The maximum absolute atomic E-state index is 10.6. The molecule has 1 saturated heterocycles. The third-order valence-corrected chi connectivity index (χ3v) is 4.02. The third kappa shape index (κ3) is 3.53. The Morgan fingerprint density at radius 3 is 2.52 bits per heavy atom. The lowest BCUT2D eigenvalue weighted by atomic mass is 9.93. The highest BCUT2D eigenvalue weighted by atomic mass is 16.5. The van der Waals surface area contributed by atoms with Crippen LogP contribution in [0.15, 0.2) is 53.1 Å². The molecule has 2 N–H and O–H groups in total. The Labute approximate surface area is 124 Å². The lowest BCUT2D eigenvalue weighted by Gasteiger charge is -2.33. The SMILES string of the molecule is OC1(CNC(c2ccccc2)c2ccco2)CCOCC1. The molecule has 2 heterocycles. The largest absolute Gasteiger partial charge is 0.467 e. The molecule has 1 aromatic heterocycles. The van der Waals surface area contributed by atoms with Crippen molar-refractivity contribution in [3.05, 3.63) is 60.1 Å². The molecule has 4 nitrogen and oxygen atoms in total. The fraction of sp³-hybridized carbons (Fsp3) is 0.412. The summed E-state index contributed by atoms with van der Waals surface area (Å²) in [5, 5.41) is 14.0. The Hall–Kier alpha value is -1.62. The van der Waals surface area contributed by atoms with Crippen LogP contribution in [-0.2, 0) is 4.74 Å². The molecule has 21 heavy (non-hydrogen) atoms. The standard InChI is InChI=1S/C17H21NO3/c19-17(8-11-20-12-9-17)13-18-16(15-7-4-10-21-15)14-5-2-1-3-6-14/h1-7,10,16,18-19H,8-9,11-13H2. The van der Waals surface area contributed by atoms with Crippen molar-refractivity contribution in [3.8, 4) is 0 Å². The highest BCUT2D eigenvalue weighted by molar-refractivity contribution is 5.26. The zero-order valence-electron chi connectivity index (χ0n) is 12.0. The first kappa shape index (κ1) is 14.3. The summed E-state index contributed by atoms with van der Waals surface area (Å²) >= 11 is 0. The summed E-state index contributed by atoms with van der Waals surface area (Å²) in [5.41, 5.74) is 0.431. The average molecular weight is 287 g/mol. The Balaban J connectivity index is 1.74. The van der Waals surface area contributed by atoms with E-state index >= 15 is 0 Å². The van der Waals surface area contributed by atoms with Crippen LogP contribution in [0.25, 0.3) is 0 Å². The van der Waals surface area contributed by atoms with Crippen LogP contribution in [0.1, 0.15) is 30.2 Å². The van der Waals surface area contributed by atoms with Crippen molar-refractivity contribution in [2.75, 3.05) is 19.8 Å². The highest BCUT2D eigenvalue weighted by Gasteiger charge is 2.31. The molecule has 1 aliphatic rings. The quantitative estimate of drug-likeness (QED) is 0.887. The third-order valence-electron chi connectivity index (χ3n) is 4.02. The Morgan fingerprint density at radius 1 is 1.10 bits per heavy atom. The number of aliphatic hydroxyl groups is 1. The number of ether oxygens (including phenoxy) is 1. The zero-order chi connectivity index (χ0) is 14.5. The van der Waals surface area contributed by atoms with E-state index in [1.165, 1.54) is 0 Å². The van der Waals surface area contributed by atoms with Gasteiger partial charge in [0.2, 0.25) is 0 Å². The van der Waals surface area contributed by atoms with Crippen LogP contribution in [0, 0.1) is 0 Å². The fourth-order valence-corrected chi connectivity index (χ4v) is 2.70. The molecule has 0 bridgehead atoms. The first-order valence-corrected chi connectivity index (χ1v) is 7.39. The van der Waals surface area contributed by atoms with Gasteiger partial charge in [-0.05, 0) is 17.7 Å². The van der Waals surface area contributed by atoms with Crippen LogP contribution in [0.5, 0.6) is 0 Å². The van der Waals surface area contributed by atoms with Gasteiger partial charge in [0.15, 0.2) is 0 Å². The summed E-state index contributed by atoms with van der Waals surface area (Å²) in [6.45, 7) is 1.76. The fourth-order valence-electron chi connectivity index (χ4n) is 2.70. The van der Waals surface area contributed by atoms with Gasteiger partial charge in [-0.15, -0.1) is 0 Å². The molecule has 0 radical (unpaired) electrons. The number of nitrogens with one attached hydrogen (secondary N) is 1. The van der Waals surface area contributed by atoms with E-state index in [-0.39, 0.29) is 6.04 Å². The minimum Gasteiger partial charge on any atom is -0.467 e. The van der Waals surface area contributed by atoms with Gasteiger partial charge in [-0.3, -0.25) is 0 Å². The summed E-state index contributed by atoms with van der Waals surface area (Å²) in [5.74, 6) is 0.858. The predicted molar refractivity (Wildman–Crippen MR) is 80.0 cm³/mol. The predicted octanol–water partition coefficient (Wildman–Crippen LogP) is 2.50. The first-order valence-electron chi connectivity index (χ1n) is 7.39. The molecule has 1 aliphatic heterocycles. The van der Waals surface area contributed by atoms with Gasteiger partial charge >= 0.3 is 0 Å². The number of rotatable bonds is 5. The molecule has 0 aliphatic carbocycles. The molecule has 1 fully saturated rings. The van der Waals surface area contributed by atoms with Gasteiger partial charge in [0.25, 0.3) is 0 Å². The zero-order valence-corrected chi connectivity index (χ0v) is 12.0. The Kier molecular flexibility index (Phi) is 4.39. The number of hydrogen-bond donors (Lipinski definition) is 2. The van der Waals surface area contributed by atoms with Crippen molar-refractivity contribution in [3.63, 3.8) is 0 Å². The van der Waals surface area contributed by atoms with Crippen molar-refractivity contribution >= 4 is 0 Å². The van der Waals surface area contributed by atoms with Crippen LogP contribution in [-0.4, -0.2) is 30.5 Å². The van der Waals surface area contributed by atoms with Gasteiger partial charge < -0.3 is 19.6 Å². The topological polar surface area (TPSA) is 54.6 Å². The molecule has 0 spiro atoms. The molecular weight excluding hydrogens is 266 g/mol. The average Bonchev–Trinajstić information content (AvgIpc) is 3.03. The normalized spacial score (nSPS) is 19.3. The monoisotopic (exact) mass is 287 g/mol. The van der Waals surface area contributed by atoms with Gasteiger partial charge in [-0.25, -0.2) is 0 Å². The maximum Gasteiger partial charge on any atom is 0.125 e. The number of furan rings is 1. The molecule has 1 unspecified atom stereocenters. The highest BCUT2D eigenvalue weighted by Crippen LogP contribution is 2.25. The minimum atomic E-state index is -0.697. The molecule has 2 aromatic rings. The minimum absolute atomic E-state index is 0.0481. The lowest BCUT2D eigenvalue weighted by Crippen LogP contribution is -2.46. The van der Waals surface area contributed by atoms with Crippen molar-refractivity contribution in [1.82, 2.24) is 5.32 Å². The van der Waals surface area contributed by atoms with Crippen molar-refractivity contribution < 1.29 is 14.3 Å². The van der Waals surface area contributed by atoms with E-state index in [2.05, 4.69) is 17.4 Å². The van der Waals surface area contributed by atoms with Crippen molar-refractivity contribution in [2.24, 2.45) is 0 Å². The van der Waals surface area contributed by atoms with Gasteiger partial charge in [-0.1, -0.05) is 30.3 Å². The lowest BCUT2D eigenvalue weighted by molar-refractivity contribution is -0.0625. The van der Waals surface area contributed by atoms with E-state index < -0.39 is 5.60 Å². The van der Waals surface area contributed by atoms with E-state index in [4.69, 9.17) is 9.15 Å². The van der Waals surface area contributed by atoms with Gasteiger partial charge in [-0.2, -0.15) is 0 Å². The van der Waals surface area contributed by atoms with E-state index in [0.29, 0.717) is 32.6 Å². The molecular formula is C17H21NO3. The van der Waals surface area contributed by atoms with E-state index in [0.717, 1.165) is 11.3 Å². The number of benzene rings is 1. The van der Waals surface area contributed by atoms with Crippen molar-refractivity contribution in [2.45, 2.75) is 24.5 Å². The van der Waals surface area contributed by atoms with Crippen LogP contribution in [0.2, 0.25) is 0 Å². The summed E-state index contributed by atoms with van der Waals surface area (Å²) < 4.78 is 10.9. The van der Waals surface area contributed by atoms with Crippen molar-refractivity contribution in [1.29, 1.82) is 0 Å². The van der Waals surface area contributed by atoms with E-state index in [1.807, 2.05) is 30.3 Å². The van der Waals surface area contributed by atoms with Crippen LogP contribution < -0.4 is 5.32 Å². The van der Waals surface area contributed by atoms with E-state index in [9.17, 15) is 5.11 Å². The molecule has 112 valence electrons. The summed E-state index contributed by atoms with van der Waals surface area (Å²) in [6.07, 6.45) is 3.01. The maximum atomic E-state index is 10.6. The van der Waals surface area contributed by atoms with E-state index in [1.54, 1.807) is 6.26 Å². The second-order valence-corrected chi connectivity index (χ2v) is 5.58. The number of hydrogen-bond acceptors (Lipinski definition) is 4. The molecule has 0 amide bonds. The molecule has 0 saturated carbocycles. The van der Waals surface area contributed by atoms with Gasteiger partial charge in [0, 0.05) is 32.6 Å². The second kappa shape index (κ2) is 6.43. The molecule has 4 heteroatoms. The Morgan fingerprint density at radius 2 is 1.86 bits per heavy atom. The van der Waals surface area contributed by atoms with Gasteiger partial charge in [0.05, 0.1) is 17.9 Å². The summed E-state index contributed by atoms with van der Waals surface area (Å²) in [7, 11) is 0.